The van der Waals surface area contributed by atoms with Crippen molar-refractivity contribution in [1.29, 1.82) is 0 Å². The van der Waals surface area contributed by atoms with Gasteiger partial charge in [0.25, 0.3) is 5.56 Å². The van der Waals surface area contributed by atoms with E-state index in [2.05, 4.69) is 4.98 Å². The number of esters is 1. The van der Waals surface area contributed by atoms with Gasteiger partial charge in [0, 0.05) is 28.1 Å². The van der Waals surface area contributed by atoms with Gasteiger partial charge in [-0.3, -0.25) is 4.79 Å². The molecule has 1 N–H and O–H groups in total. The van der Waals surface area contributed by atoms with Gasteiger partial charge in [0.05, 0.1) is 29.0 Å². The Labute approximate surface area is 175 Å². The minimum Gasteiger partial charge on any atom is -0.458 e. The Morgan fingerprint density at radius 1 is 1.16 bits per heavy atom. The molecule has 1 aliphatic carbocycles. The minimum absolute atomic E-state index is 0.0544. The Bertz CT molecular complexity index is 1410. The maximum atomic E-state index is 14.5. The van der Waals surface area contributed by atoms with Crippen LogP contribution in [0.5, 0.6) is 0 Å². The highest BCUT2D eigenvalue weighted by molar-refractivity contribution is 5.92. The number of carbonyl (C=O) groups is 1. The zero-order valence-corrected chi connectivity index (χ0v) is 16.7. The summed E-state index contributed by atoms with van der Waals surface area (Å²) in [7, 11) is 0. The van der Waals surface area contributed by atoms with Gasteiger partial charge in [-0.25, -0.2) is 18.6 Å². The molecule has 6 nitrogen and oxygen atoms in total. The van der Waals surface area contributed by atoms with Gasteiger partial charge in [0.1, 0.15) is 6.61 Å². The van der Waals surface area contributed by atoms with E-state index in [1.54, 1.807) is 17.6 Å². The molecule has 2 aromatic heterocycles. The van der Waals surface area contributed by atoms with E-state index in [0.29, 0.717) is 47.1 Å². The number of aliphatic hydroxyl groups is 1. The second-order valence-electron chi connectivity index (χ2n) is 8.42. The summed E-state index contributed by atoms with van der Waals surface area (Å²) in [6.45, 7) is 1.70. The second kappa shape index (κ2) is 5.97. The molecule has 6 rings (SSSR count). The first-order valence-electron chi connectivity index (χ1n) is 10.3. The summed E-state index contributed by atoms with van der Waals surface area (Å²) in [5.74, 6) is -2.55. The molecular weight excluding hydrogens is 406 g/mol. The van der Waals surface area contributed by atoms with E-state index in [1.807, 2.05) is 0 Å². The zero-order valence-electron chi connectivity index (χ0n) is 16.7. The fourth-order valence-electron chi connectivity index (χ4n) is 5.32. The topological polar surface area (TPSA) is 81.4 Å². The Balaban J connectivity index is 1.68. The van der Waals surface area contributed by atoms with E-state index < -0.39 is 23.2 Å². The van der Waals surface area contributed by atoms with Crippen molar-refractivity contribution in [2.24, 2.45) is 0 Å². The summed E-state index contributed by atoms with van der Waals surface area (Å²) in [4.78, 5) is 30.2. The Morgan fingerprint density at radius 3 is 2.71 bits per heavy atom. The summed E-state index contributed by atoms with van der Waals surface area (Å²) < 4.78 is 35.3. The number of halogens is 2. The van der Waals surface area contributed by atoms with E-state index in [4.69, 9.17) is 4.74 Å². The van der Waals surface area contributed by atoms with Gasteiger partial charge in [-0.15, -0.1) is 0 Å². The number of ether oxygens (including phenoxy) is 1. The third kappa shape index (κ3) is 2.20. The van der Waals surface area contributed by atoms with Crippen LogP contribution in [0.4, 0.5) is 8.78 Å². The number of hydrogen-bond acceptors (Lipinski definition) is 5. The van der Waals surface area contributed by atoms with Gasteiger partial charge in [0.2, 0.25) is 0 Å². The number of carbonyl (C=O) groups excluding carboxylic acids is 1. The first-order chi connectivity index (χ1) is 14.8. The lowest BCUT2D eigenvalue weighted by Crippen LogP contribution is -2.44. The number of pyridine rings is 2. The second-order valence-corrected chi connectivity index (χ2v) is 8.42. The lowest BCUT2D eigenvalue weighted by molar-refractivity contribution is -0.172. The Hall–Kier alpha value is -3.13. The molecule has 3 aliphatic rings. The lowest BCUT2D eigenvalue weighted by atomic mass is 9.85. The molecule has 0 saturated heterocycles. The van der Waals surface area contributed by atoms with E-state index in [-0.39, 0.29) is 36.3 Å². The largest absolute Gasteiger partial charge is 0.458 e. The van der Waals surface area contributed by atoms with E-state index in [9.17, 15) is 23.5 Å². The Morgan fingerprint density at radius 2 is 1.94 bits per heavy atom. The number of cyclic esters (lactones) is 1. The van der Waals surface area contributed by atoms with Crippen LogP contribution in [-0.4, -0.2) is 20.6 Å². The summed E-state index contributed by atoms with van der Waals surface area (Å²) >= 11 is 0. The predicted molar refractivity (Wildman–Crippen MR) is 106 cm³/mol. The molecule has 1 aromatic carbocycles. The van der Waals surface area contributed by atoms with Crippen LogP contribution in [0.2, 0.25) is 0 Å². The summed E-state index contributed by atoms with van der Waals surface area (Å²) in [5.41, 5.74) is 1.60. The van der Waals surface area contributed by atoms with Crippen molar-refractivity contribution >= 4 is 16.9 Å². The van der Waals surface area contributed by atoms with Crippen LogP contribution >= 0.6 is 0 Å². The van der Waals surface area contributed by atoms with Crippen LogP contribution in [0.25, 0.3) is 22.3 Å². The number of nitrogens with zero attached hydrogens (tertiary/aromatic N) is 2. The molecule has 4 heterocycles. The van der Waals surface area contributed by atoms with Gasteiger partial charge in [-0.05, 0) is 37.3 Å². The van der Waals surface area contributed by atoms with Crippen molar-refractivity contribution in [2.45, 2.75) is 51.4 Å². The molecule has 31 heavy (non-hydrogen) atoms. The number of benzene rings is 1. The fourth-order valence-corrected chi connectivity index (χ4v) is 5.32. The smallest absolute Gasteiger partial charge is 0.343 e. The minimum atomic E-state index is -1.90. The quantitative estimate of drug-likeness (QED) is 0.476. The molecule has 2 aliphatic heterocycles. The van der Waals surface area contributed by atoms with Crippen LogP contribution in [0.15, 0.2) is 16.9 Å². The molecule has 0 unspecified atom stereocenters. The number of fused-ring (bicyclic) bond motifs is 5. The van der Waals surface area contributed by atoms with Crippen LogP contribution in [-0.2, 0) is 41.1 Å². The third-order valence-electron chi connectivity index (χ3n) is 6.94. The summed E-state index contributed by atoms with van der Waals surface area (Å²) in [5, 5.41) is 11.6. The Kier molecular flexibility index (Phi) is 3.59. The van der Waals surface area contributed by atoms with Crippen molar-refractivity contribution in [2.75, 3.05) is 0 Å². The molecule has 1 atom stereocenters. The first kappa shape index (κ1) is 18.6. The van der Waals surface area contributed by atoms with Crippen molar-refractivity contribution in [3.05, 3.63) is 61.9 Å². The van der Waals surface area contributed by atoms with Gasteiger partial charge in [-0.1, -0.05) is 6.92 Å². The molecule has 0 spiro atoms. The number of aryl methyl sites for hydroxylation is 2. The first-order valence-corrected chi connectivity index (χ1v) is 10.3. The summed E-state index contributed by atoms with van der Waals surface area (Å²) in [6, 6.07) is 2.73. The van der Waals surface area contributed by atoms with Crippen molar-refractivity contribution < 1.29 is 23.4 Å². The fraction of sp³-hybridized carbons (Fsp3) is 0.348. The zero-order chi connectivity index (χ0) is 21.7. The highest BCUT2D eigenvalue weighted by Gasteiger charge is 2.45. The molecule has 0 bridgehead atoms. The standard InChI is InChI=1S/C23H18F2N2O4/c1-2-23(30)14-6-17-20-12(8-27(17)21(28)13(14)9-31-22(23)29)10-4-3-5-11-18(10)16(26-20)7-15(24)19(11)25/h6-7,30H,2-5,8-9H2,1H3/t23-/m0/s1. The van der Waals surface area contributed by atoms with Crippen LogP contribution < -0.4 is 5.56 Å². The molecule has 0 saturated carbocycles. The van der Waals surface area contributed by atoms with Crippen LogP contribution in [0.1, 0.15) is 47.6 Å². The van der Waals surface area contributed by atoms with Gasteiger partial charge >= 0.3 is 5.97 Å². The monoisotopic (exact) mass is 424 g/mol. The molecule has 0 fully saturated rings. The molecular formula is C23H18F2N2O4. The van der Waals surface area contributed by atoms with Gasteiger partial charge in [-0.2, -0.15) is 0 Å². The average Bonchev–Trinajstić information content (AvgIpc) is 3.14. The number of rotatable bonds is 1. The van der Waals surface area contributed by atoms with E-state index >= 15 is 0 Å². The van der Waals surface area contributed by atoms with Crippen molar-refractivity contribution in [1.82, 2.24) is 9.55 Å². The van der Waals surface area contributed by atoms with Gasteiger partial charge < -0.3 is 14.4 Å². The highest BCUT2D eigenvalue weighted by atomic mass is 19.2. The maximum Gasteiger partial charge on any atom is 0.343 e. The van der Waals surface area contributed by atoms with Crippen LogP contribution in [0.3, 0.4) is 0 Å². The molecule has 0 amide bonds. The van der Waals surface area contributed by atoms with Crippen LogP contribution in [0, 0.1) is 11.6 Å². The average molecular weight is 424 g/mol. The lowest BCUT2D eigenvalue weighted by Gasteiger charge is -2.31. The predicted octanol–water partition coefficient (Wildman–Crippen LogP) is 2.85. The SMILES string of the molecule is CC[C@@]1(O)C(=O)OCc2c1cc1n(c2=O)Cc2c-1nc1cc(F)c(F)c3c1c2CCC3. The number of hydrogen-bond donors (Lipinski definition) is 1. The highest BCUT2D eigenvalue weighted by Crippen LogP contribution is 2.42. The molecule has 158 valence electrons. The van der Waals surface area contributed by atoms with E-state index in [1.165, 1.54) is 0 Å². The normalized spacial score (nSPS) is 21.0. The molecule has 0 radical (unpaired) electrons. The summed E-state index contributed by atoms with van der Waals surface area (Å²) in [6.07, 6.45) is 1.86. The number of aromatic nitrogens is 2. The van der Waals surface area contributed by atoms with Gasteiger partial charge in [0.15, 0.2) is 17.2 Å². The maximum absolute atomic E-state index is 14.5. The third-order valence-corrected chi connectivity index (χ3v) is 6.94. The molecule has 3 aromatic rings. The molecule has 8 heteroatoms. The van der Waals surface area contributed by atoms with Crippen molar-refractivity contribution in [3.63, 3.8) is 0 Å². The van der Waals surface area contributed by atoms with Crippen molar-refractivity contribution in [3.8, 4) is 11.4 Å². The van der Waals surface area contributed by atoms with E-state index in [0.717, 1.165) is 17.2 Å².